The summed E-state index contributed by atoms with van der Waals surface area (Å²) in [5.41, 5.74) is -0.524. The molecule has 1 aromatic heterocycles. The second-order valence-electron chi connectivity index (χ2n) is 9.25. The van der Waals surface area contributed by atoms with E-state index in [2.05, 4.69) is 27.4 Å². The van der Waals surface area contributed by atoms with Gasteiger partial charge in [0.05, 0.1) is 12.2 Å². The highest BCUT2D eigenvalue weighted by Gasteiger charge is 2.34. The Morgan fingerprint density at radius 3 is 2.14 bits per heavy atom. The van der Waals surface area contributed by atoms with Crippen molar-refractivity contribution in [3.63, 3.8) is 0 Å². The number of anilines is 2. The standard InChI is InChI=1S/C28H32F3N5O4.2ClH/c1-3-35-11-13-36(14-12-35)18-19-5-6-21(15-24(19)28(29,30)31)34-27(38)33-20-7-9-22(10-8-20)40-23-16-25(39-4-2)26(37)32-17-23;;/h5-10,15-17H,3-4,11-14,18H2,1-2H3,(H,32,37)(H2,33,34,38);2*1H. The van der Waals surface area contributed by atoms with Gasteiger partial charge in [0.1, 0.15) is 11.5 Å². The molecule has 42 heavy (non-hydrogen) atoms. The first-order valence-electron chi connectivity index (χ1n) is 13.0. The second kappa shape index (κ2) is 15.7. The molecule has 2 aromatic carbocycles. The van der Waals surface area contributed by atoms with Gasteiger partial charge in [-0.05, 0) is 55.4 Å². The Morgan fingerprint density at radius 1 is 0.905 bits per heavy atom. The molecule has 3 aromatic rings. The summed E-state index contributed by atoms with van der Waals surface area (Å²) < 4.78 is 52.6. The number of piperazine rings is 1. The molecule has 2 amide bonds. The number of amides is 2. The lowest BCUT2D eigenvalue weighted by atomic mass is 10.0. The lowest BCUT2D eigenvalue weighted by Crippen LogP contribution is -2.45. The highest BCUT2D eigenvalue weighted by molar-refractivity contribution is 5.99. The minimum Gasteiger partial charge on any atom is -0.488 e. The molecular weight excluding hydrogens is 598 g/mol. The zero-order chi connectivity index (χ0) is 28.7. The molecule has 0 saturated carbocycles. The highest BCUT2D eigenvalue weighted by atomic mass is 35.5. The summed E-state index contributed by atoms with van der Waals surface area (Å²) in [6.45, 7) is 8.33. The monoisotopic (exact) mass is 631 g/mol. The van der Waals surface area contributed by atoms with Gasteiger partial charge in [0.25, 0.3) is 5.56 Å². The number of carbonyl (C=O) groups excluding carboxylic acids is 1. The molecule has 14 heteroatoms. The van der Waals surface area contributed by atoms with E-state index in [-0.39, 0.29) is 53.9 Å². The molecule has 1 saturated heterocycles. The third-order valence-corrected chi connectivity index (χ3v) is 6.47. The lowest BCUT2D eigenvalue weighted by molar-refractivity contribution is -0.138. The van der Waals surface area contributed by atoms with Crippen molar-refractivity contribution in [1.82, 2.24) is 14.8 Å². The van der Waals surface area contributed by atoms with Crippen molar-refractivity contribution >= 4 is 42.2 Å². The van der Waals surface area contributed by atoms with E-state index in [1.54, 1.807) is 31.2 Å². The molecule has 0 bridgehead atoms. The van der Waals surface area contributed by atoms with Crippen molar-refractivity contribution in [2.75, 3.05) is 50.0 Å². The number of rotatable bonds is 9. The number of carbonyl (C=O) groups is 1. The summed E-state index contributed by atoms with van der Waals surface area (Å²) in [6.07, 6.45) is -3.16. The molecule has 1 aliphatic heterocycles. The van der Waals surface area contributed by atoms with Gasteiger partial charge in [-0.1, -0.05) is 13.0 Å². The number of benzene rings is 2. The molecule has 3 N–H and O–H groups in total. The minimum absolute atomic E-state index is 0. The van der Waals surface area contributed by atoms with Crippen LogP contribution < -0.4 is 25.7 Å². The topological polar surface area (TPSA) is 98.9 Å². The number of ether oxygens (including phenoxy) is 2. The first-order valence-corrected chi connectivity index (χ1v) is 13.0. The van der Waals surface area contributed by atoms with Gasteiger partial charge >= 0.3 is 12.2 Å². The van der Waals surface area contributed by atoms with Crippen molar-refractivity contribution in [2.45, 2.75) is 26.6 Å². The summed E-state index contributed by atoms with van der Waals surface area (Å²) in [5.74, 6) is 0.919. The summed E-state index contributed by atoms with van der Waals surface area (Å²) in [4.78, 5) is 31.1. The number of H-pyrrole nitrogens is 1. The number of hydrogen-bond acceptors (Lipinski definition) is 6. The molecular formula is C28H34Cl2F3N5O4. The van der Waals surface area contributed by atoms with E-state index >= 15 is 0 Å². The van der Waals surface area contributed by atoms with Crippen LogP contribution in [-0.4, -0.2) is 60.1 Å². The first-order chi connectivity index (χ1) is 19.1. The Hall–Kier alpha value is -3.45. The molecule has 0 unspecified atom stereocenters. The molecule has 0 radical (unpaired) electrons. The summed E-state index contributed by atoms with van der Waals surface area (Å²) in [6, 6.07) is 11.0. The van der Waals surface area contributed by atoms with Crippen LogP contribution in [0.4, 0.5) is 29.3 Å². The normalized spacial score (nSPS) is 13.8. The number of likely N-dealkylation sites (N-methyl/N-ethyl adjacent to an activating group) is 1. The predicted octanol–water partition coefficient (Wildman–Crippen LogP) is 6.21. The average Bonchev–Trinajstić information content (AvgIpc) is 2.92. The van der Waals surface area contributed by atoms with Crippen LogP contribution in [0.25, 0.3) is 0 Å². The molecule has 1 fully saturated rings. The van der Waals surface area contributed by atoms with E-state index in [1.807, 2.05) is 4.90 Å². The number of aromatic nitrogens is 1. The number of pyridine rings is 1. The number of alkyl halides is 3. The fourth-order valence-electron chi connectivity index (χ4n) is 4.36. The van der Waals surface area contributed by atoms with E-state index in [0.29, 0.717) is 36.9 Å². The average molecular weight is 633 g/mol. The maximum atomic E-state index is 13.9. The van der Waals surface area contributed by atoms with Crippen LogP contribution in [0, 0.1) is 0 Å². The second-order valence-corrected chi connectivity index (χ2v) is 9.25. The zero-order valence-electron chi connectivity index (χ0n) is 23.1. The number of aromatic amines is 1. The molecule has 0 spiro atoms. The summed E-state index contributed by atoms with van der Waals surface area (Å²) >= 11 is 0. The van der Waals surface area contributed by atoms with Gasteiger partial charge in [-0.15, -0.1) is 24.8 Å². The molecule has 4 rings (SSSR count). The third-order valence-electron chi connectivity index (χ3n) is 6.47. The van der Waals surface area contributed by atoms with Crippen LogP contribution >= 0.6 is 24.8 Å². The fraction of sp³-hybridized carbons (Fsp3) is 0.357. The Balaban J connectivity index is 0.00000308. The zero-order valence-corrected chi connectivity index (χ0v) is 24.8. The van der Waals surface area contributed by atoms with Gasteiger partial charge in [0, 0.05) is 56.4 Å². The van der Waals surface area contributed by atoms with Gasteiger partial charge in [-0.3, -0.25) is 9.69 Å². The van der Waals surface area contributed by atoms with Gasteiger partial charge in [-0.2, -0.15) is 13.2 Å². The van der Waals surface area contributed by atoms with Gasteiger partial charge in [0.2, 0.25) is 0 Å². The van der Waals surface area contributed by atoms with E-state index < -0.39 is 17.8 Å². The maximum absolute atomic E-state index is 13.9. The molecule has 0 aliphatic carbocycles. The van der Waals surface area contributed by atoms with Crippen molar-refractivity contribution < 1.29 is 27.4 Å². The summed E-state index contributed by atoms with van der Waals surface area (Å²) in [5, 5.41) is 5.07. The van der Waals surface area contributed by atoms with Crippen molar-refractivity contribution in [3.8, 4) is 17.2 Å². The number of urea groups is 1. The molecule has 230 valence electrons. The van der Waals surface area contributed by atoms with Crippen LogP contribution in [-0.2, 0) is 12.7 Å². The van der Waals surface area contributed by atoms with E-state index in [9.17, 15) is 22.8 Å². The third kappa shape index (κ3) is 9.55. The first kappa shape index (κ1) is 34.7. The highest BCUT2D eigenvalue weighted by Crippen LogP contribution is 2.35. The lowest BCUT2D eigenvalue weighted by Gasteiger charge is -2.34. The maximum Gasteiger partial charge on any atom is 0.416 e. The quantitative estimate of drug-likeness (QED) is 0.260. The van der Waals surface area contributed by atoms with Crippen LogP contribution in [0.1, 0.15) is 25.0 Å². The van der Waals surface area contributed by atoms with Gasteiger partial charge < -0.3 is 30.0 Å². The van der Waals surface area contributed by atoms with Crippen molar-refractivity contribution in [3.05, 3.63) is 76.2 Å². The number of halogens is 5. The Labute approximate surface area is 254 Å². The van der Waals surface area contributed by atoms with Crippen molar-refractivity contribution in [2.24, 2.45) is 0 Å². The fourth-order valence-corrected chi connectivity index (χ4v) is 4.36. The smallest absolute Gasteiger partial charge is 0.416 e. The van der Waals surface area contributed by atoms with Crippen LogP contribution in [0.5, 0.6) is 17.2 Å². The largest absolute Gasteiger partial charge is 0.488 e. The van der Waals surface area contributed by atoms with Gasteiger partial charge in [-0.25, -0.2) is 4.79 Å². The van der Waals surface area contributed by atoms with Crippen LogP contribution in [0.2, 0.25) is 0 Å². The molecule has 9 nitrogen and oxygen atoms in total. The SMILES string of the molecule is CCOc1cc(Oc2ccc(NC(=O)Nc3ccc(CN4CCN(CC)CC4)c(C(F)(F)F)c3)cc2)c[nH]c1=O.Cl.Cl. The van der Waals surface area contributed by atoms with E-state index in [1.165, 1.54) is 24.4 Å². The van der Waals surface area contributed by atoms with Crippen molar-refractivity contribution in [1.29, 1.82) is 0 Å². The predicted molar refractivity (Wildman–Crippen MR) is 161 cm³/mol. The Morgan fingerprint density at radius 2 is 1.52 bits per heavy atom. The molecule has 1 aliphatic rings. The summed E-state index contributed by atoms with van der Waals surface area (Å²) in [7, 11) is 0. The number of nitrogens with one attached hydrogen (secondary N) is 3. The molecule has 0 atom stereocenters. The van der Waals surface area contributed by atoms with E-state index in [4.69, 9.17) is 9.47 Å². The Kier molecular flexibility index (Phi) is 13.0. The van der Waals surface area contributed by atoms with Crippen LogP contribution in [0.3, 0.4) is 0 Å². The van der Waals surface area contributed by atoms with E-state index in [0.717, 1.165) is 25.7 Å². The number of hydrogen-bond donors (Lipinski definition) is 3. The minimum atomic E-state index is -4.56. The Bertz CT molecular complexity index is 1360. The molecule has 2 heterocycles. The number of nitrogens with zero attached hydrogens (tertiary/aromatic N) is 2. The van der Waals surface area contributed by atoms with Crippen LogP contribution in [0.15, 0.2) is 59.5 Å². The van der Waals surface area contributed by atoms with Gasteiger partial charge in [0.15, 0.2) is 5.75 Å².